The van der Waals surface area contributed by atoms with Crippen LogP contribution in [0.5, 0.6) is 0 Å². The minimum Gasteiger partial charge on any atom is -0.387 e. The molecule has 0 aliphatic rings. The van der Waals surface area contributed by atoms with Crippen molar-refractivity contribution < 1.29 is 5.11 Å². The first-order valence-electron chi connectivity index (χ1n) is 3.95. The third-order valence-corrected chi connectivity index (χ3v) is 1.61. The number of aryl methyl sites for hydroxylation is 1. The standard InChI is InChI=1S/C8H14N2O/c1-3-6-10-8(7(2)11)4-5-9-10/h4-5,7,11H,3,6H2,1-2H3. The highest BCUT2D eigenvalue weighted by molar-refractivity contribution is 5.02. The van der Waals surface area contributed by atoms with Gasteiger partial charge in [0.05, 0.1) is 11.8 Å². The molecule has 1 aromatic heterocycles. The Morgan fingerprint density at radius 1 is 1.73 bits per heavy atom. The Morgan fingerprint density at radius 2 is 2.45 bits per heavy atom. The Bertz CT molecular complexity index is 218. The Balaban J connectivity index is 2.78. The number of rotatable bonds is 3. The van der Waals surface area contributed by atoms with Crippen LogP contribution in [0.25, 0.3) is 0 Å². The van der Waals surface area contributed by atoms with Gasteiger partial charge in [0.1, 0.15) is 0 Å². The summed E-state index contributed by atoms with van der Waals surface area (Å²) >= 11 is 0. The minimum atomic E-state index is -0.413. The van der Waals surface area contributed by atoms with Crippen molar-refractivity contribution in [1.29, 1.82) is 0 Å². The Morgan fingerprint density at radius 3 is 3.00 bits per heavy atom. The average Bonchev–Trinajstić information content (AvgIpc) is 2.36. The van der Waals surface area contributed by atoms with Crippen LogP contribution in [0.2, 0.25) is 0 Å². The van der Waals surface area contributed by atoms with E-state index in [-0.39, 0.29) is 0 Å². The maximum Gasteiger partial charge on any atom is 0.0928 e. The number of hydrogen-bond donors (Lipinski definition) is 1. The van der Waals surface area contributed by atoms with Crippen LogP contribution >= 0.6 is 0 Å². The number of aliphatic hydroxyl groups excluding tert-OH is 1. The van der Waals surface area contributed by atoms with Gasteiger partial charge >= 0.3 is 0 Å². The summed E-state index contributed by atoms with van der Waals surface area (Å²) in [6, 6.07) is 1.85. The first kappa shape index (κ1) is 8.27. The molecular formula is C8H14N2O. The quantitative estimate of drug-likeness (QED) is 0.713. The number of nitrogens with zero attached hydrogens (tertiary/aromatic N) is 2. The molecule has 0 bridgehead atoms. The molecule has 1 rings (SSSR count). The van der Waals surface area contributed by atoms with Gasteiger partial charge in [-0.1, -0.05) is 6.92 Å². The fourth-order valence-electron chi connectivity index (χ4n) is 1.10. The predicted octanol–water partition coefficient (Wildman–Crippen LogP) is 1.35. The summed E-state index contributed by atoms with van der Waals surface area (Å²) < 4.78 is 1.84. The summed E-state index contributed by atoms with van der Waals surface area (Å²) in [5.74, 6) is 0. The van der Waals surface area contributed by atoms with Crippen molar-refractivity contribution in [3.8, 4) is 0 Å². The zero-order chi connectivity index (χ0) is 8.27. The summed E-state index contributed by atoms with van der Waals surface area (Å²) in [6.07, 6.45) is 2.35. The van der Waals surface area contributed by atoms with Crippen LogP contribution in [0, 0.1) is 0 Å². The van der Waals surface area contributed by atoms with Crippen LogP contribution < -0.4 is 0 Å². The lowest BCUT2D eigenvalue weighted by molar-refractivity contribution is 0.187. The summed E-state index contributed by atoms with van der Waals surface area (Å²) in [5, 5.41) is 13.3. The van der Waals surface area contributed by atoms with E-state index in [0.29, 0.717) is 0 Å². The van der Waals surface area contributed by atoms with E-state index in [9.17, 15) is 5.11 Å². The smallest absolute Gasteiger partial charge is 0.0928 e. The highest BCUT2D eigenvalue weighted by atomic mass is 16.3. The van der Waals surface area contributed by atoms with Crippen molar-refractivity contribution in [2.24, 2.45) is 0 Å². The highest BCUT2D eigenvalue weighted by Crippen LogP contribution is 2.10. The second kappa shape index (κ2) is 3.53. The highest BCUT2D eigenvalue weighted by Gasteiger charge is 2.05. The van der Waals surface area contributed by atoms with E-state index in [4.69, 9.17) is 0 Å². The molecule has 0 saturated heterocycles. The molecule has 1 heterocycles. The fourth-order valence-corrected chi connectivity index (χ4v) is 1.10. The molecule has 3 nitrogen and oxygen atoms in total. The summed E-state index contributed by atoms with van der Waals surface area (Å²) in [4.78, 5) is 0. The Hall–Kier alpha value is -0.830. The third-order valence-electron chi connectivity index (χ3n) is 1.61. The van der Waals surface area contributed by atoms with Crippen molar-refractivity contribution in [2.45, 2.75) is 32.9 Å². The van der Waals surface area contributed by atoms with Gasteiger partial charge in [0.15, 0.2) is 0 Å². The predicted molar refractivity (Wildman–Crippen MR) is 43.2 cm³/mol. The van der Waals surface area contributed by atoms with E-state index in [2.05, 4.69) is 12.0 Å². The van der Waals surface area contributed by atoms with Gasteiger partial charge in [-0.3, -0.25) is 4.68 Å². The monoisotopic (exact) mass is 154 g/mol. The maximum atomic E-state index is 9.26. The number of aromatic nitrogens is 2. The SMILES string of the molecule is CCCn1nccc1C(C)O. The molecule has 62 valence electrons. The first-order chi connectivity index (χ1) is 5.25. The van der Waals surface area contributed by atoms with Crippen molar-refractivity contribution in [3.63, 3.8) is 0 Å². The first-order valence-corrected chi connectivity index (χ1v) is 3.95. The molecule has 0 fully saturated rings. The fraction of sp³-hybridized carbons (Fsp3) is 0.625. The van der Waals surface area contributed by atoms with Crippen molar-refractivity contribution in [3.05, 3.63) is 18.0 Å². The van der Waals surface area contributed by atoms with Crippen LogP contribution in [-0.4, -0.2) is 14.9 Å². The van der Waals surface area contributed by atoms with E-state index >= 15 is 0 Å². The zero-order valence-corrected chi connectivity index (χ0v) is 6.99. The summed E-state index contributed by atoms with van der Waals surface area (Å²) in [6.45, 7) is 4.73. The number of aliphatic hydroxyl groups is 1. The normalized spacial score (nSPS) is 13.4. The zero-order valence-electron chi connectivity index (χ0n) is 6.99. The molecule has 0 aromatic carbocycles. The summed E-state index contributed by atoms with van der Waals surface area (Å²) in [5.41, 5.74) is 0.895. The van der Waals surface area contributed by atoms with Crippen LogP contribution in [0.4, 0.5) is 0 Å². The molecule has 11 heavy (non-hydrogen) atoms. The molecule has 1 atom stereocenters. The van der Waals surface area contributed by atoms with Gasteiger partial charge in [-0.05, 0) is 19.4 Å². The van der Waals surface area contributed by atoms with E-state index in [1.54, 1.807) is 13.1 Å². The topological polar surface area (TPSA) is 38.0 Å². The second-order valence-corrected chi connectivity index (χ2v) is 2.66. The molecule has 0 radical (unpaired) electrons. The van der Waals surface area contributed by atoms with Gasteiger partial charge in [0.25, 0.3) is 0 Å². The molecule has 1 unspecified atom stereocenters. The average molecular weight is 154 g/mol. The van der Waals surface area contributed by atoms with Crippen LogP contribution in [0.3, 0.4) is 0 Å². The largest absolute Gasteiger partial charge is 0.387 e. The van der Waals surface area contributed by atoms with Crippen molar-refractivity contribution in [2.75, 3.05) is 0 Å². The lowest BCUT2D eigenvalue weighted by Crippen LogP contribution is -2.06. The molecule has 0 saturated carbocycles. The molecule has 0 amide bonds. The maximum absolute atomic E-state index is 9.26. The van der Waals surface area contributed by atoms with Gasteiger partial charge in [-0.25, -0.2) is 0 Å². The van der Waals surface area contributed by atoms with Crippen LogP contribution in [-0.2, 0) is 6.54 Å². The molecule has 0 aliphatic heterocycles. The van der Waals surface area contributed by atoms with E-state index < -0.39 is 6.10 Å². The lowest BCUT2D eigenvalue weighted by atomic mass is 10.3. The van der Waals surface area contributed by atoms with Gasteiger partial charge in [-0.2, -0.15) is 5.10 Å². The second-order valence-electron chi connectivity index (χ2n) is 2.66. The van der Waals surface area contributed by atoms with E-state index in [1.807, 2.05) is 10.7 Å². The van der Waals surface area contributed by atoms with E-state index in [1.165, 1.54) is 0 Å². The van der Waals surface area contributed by atoms with Gasteiger partial charge < -0.3 is 5.11 Å². The van der Waals surface area contributed by atoms with Gasteiger partial charge in [0.2, 0.25) is 0 Å². The van der Waals surface area contributed by atoms with Gasteiger partial charge in [-0.15, -0.1) is 0 Å². The summed E-state index contributed by atoms with van der Waals surface area (Å²) in [7, 11) is 0. The lowest BCUT2D eigenvalue weighted by Gasteiger charge is -2.07. The number of hydrogen-bond acceptors (Lipinski definition) is 2. The van der Waals surface area contributed by atoms with Crippen molar-refractivity contribution in [1.82, 2.24) is 9.78 Å². The molecule has 1 aromatic rings. The minimum absolute atomic E-state index is 0.413. The molecule has 0 spiro atoms. The van der Waals surface area contributed by atoms with Gasteiger partial charge in [0, 0.05) is 12.7 Å². The molecule has 0 aliphatic carbocycles. The third kappa shape index (κ3) is 1.80. The van der Waals surface area contributed by atoms with Crippen LogP contribution in [0.1, 0.15) is 32.1 Å². The molecule has 3 heteroatoms. The van der Waals surface area contributed by atoms with E-state index in [0.717, 1.165) is 18.7 Å². The Kier molecular flexibility index (Phi) is 2.65. The molecular weight excluding hydrogens is 140 g/mol. The molecule has 1 N–H and O–H groups in total. The van der Waals surface area contributed by atoms with Crippen LogP contribution in [0.15, 0.2) is 12.3 Å². The Labute approximate surface area is 66.7 Å². The van der Waals surface area contributed by atoms with Crippen molar-refractivity contribution >= 4 is 0 Å².